The number of anilines is 1. The van der Waals surface area contributed by atoms with Gasteiger partial charge in [-0.1, -0.05) is 35.5 Å². The molecule has 2 N–H and O–H groups in total. The number of rotatable bonds is 4. The smallest absolute Gasteiger partial charge is 0.272 e. The van der Waals surface area contributed by atoms with Gasteiger partial charge in [-0.3, -0.25) is 9.59 Å². The molecule has 0 radical (unpaired) electrons. The first-order chi connectivity index (χ1) is 15.5. The molecule has 2 aromatic heterocycles. The zero-order valence-corrected chi connectivity index (χ0v) is 17.6. The number of benzene rings is 2. The number of nitrogens with zero attached hydrogens (tertiary/aromatic N) is 5. The molecule has 2 aromatic carbocycles. The van der Waals surface area contributed by atoms with Gasteiger partial charge in [0.2, 0.25) is 0 Å². The molecule has 2 amide bonds. The first kappa shape index (κ1) is 19.7. The van der Waals surface area contributed by atoms with Crippen LogP contribution in [0.2, 0.25) is 0 Å². The van der Waals surface area contributed by atoms with Crippen molar-refractivity contribution >= 4 is 28.5 Å². The Morgan fingerprint density at radius 3 is 2.91 bits per heavy atom. The molecule has 1 aliphatic heterocycles. The van der Waals surface area contributed by atoms with E-state index in [-0.39, 0.29) is 18.2 Å². The van der Waals surface area contributed by atoms with Crippen LogP contribution in [0, 0.1) is 6.92 Å². The summed E-state index contributed by atoms with van der Waals surface area (Å²) in [4.78, 5) is 35.1. The minimum atomic E-state index is -0.868. The molecule has 5 rings (SSSR count). The topological polar surface area (TPSA) is 118 Å². The van der Waals surface area contributed by atoms with Gasteiger partial charge in [0.05, 0.1) is 29.5 Å². The molecule has 0 aliphatic carbocycles. The van der Waals surface area contributed by atoms with Crippen LogP contribution in [0.1, 0.15) is 21.9 Å². The molecule has 1 aliphatic rings. The van der Waals surface area contributed by atoms with Crippen molar-refractivity contribution in [1.29, 1.82) is 0 Å². The van der Waals surface area contributed by atoms with E-state index in [1.807, 2.05) is 43.3 Å². The van der Waals surface area contributed by atoms with E-state index in [4.69, 9.17) is 4.74 Å². The molecule has 0 saturated carbocycles. The minimum absolute atomic E-state index is 0.00290. The minimum Gasteiger partial charge on any atom is -0.489 e. The number of H-pyrrole nitrogens is 1. The van der Waals surface area contributed by atoms with Gasteiger partial charge in [0.15, 0.2) is 0 Å². The highest BCUT2D eigenvalue weighted by molar-refractivity contribution is 6.04. The lowest BCUT2D eigenvalue weighted by atomic mass is 10.2. The van der Waals surface area contributed by atoms with Crippen LogP contribution < -0.4 is 15.0 Å². The van der Waals surface area contributed by atoms with Gasteiger partial charge >= 0.3 is 0 Å². The van der Waals surface area contributed by atoms with Crippen molar-refractivity contribution in [1.82, 2.24) is 30.3 Å². The van der Waals surface area contributed by atoms with Crippen LogP contribution in [0.15, 0.2) is 48.7 Å². The van der Waals surface area contributed by atoms with Gasteiger partial charge in [0.25, 0.3) is 11.8 Å². The summed E-state index contributed by atoms with van der Waals surface area (Å²) in [6, 6.07) is 12.4. The van der Waals surface area contributed by atoms with Gasteiger partial charge in [-0.2, -0.15) is 0 Å². The van der Waals surface area contributed by atoms with Crippen molar-refractivity contribution in [2.75, 3.05) is 18.6 Å². The standard InChI is InChI=1S/C22H21N7O3/c1-13-24-15-8-18-20(9-16(15)25-13)32-12-17(22(31)28(18)2)26-21(30)19-10-23-27-29(19)11-14-6-4-3-5-7-14/h3-10,17H,11-12H2,1-2H3,(H,24,25)(H,26,30)/t17-/m0/s1. The molecule has 3 heterocycles. The van der Waals surface area contributed by atoms with Crippen LogP contribution in [0.25, 0.3) is 11.0 Å². The quantitative estimate of drug-likeness (QED) is 0.507. The molecular weight excluding hydrogens is 410 g/mol. The van der Waals surface area contributed by atoms with Crippen LogP contribution in [-0.4, -0.2) is 56.5 Å². The summed E-state index contributed by atoms with van der Waals surface area (Å²) in [6.07, 6.45) is 1.38. The van der Waals surface area contributed by atoms with E-state index in [1.165, 1.54) is 15.8 Å². The molecule has 0 saturated heterocycles. The van der Waals surface area contributed by atoms with E-state index in [0.29, 0.717) is 18.0 Å². The van der Waals surface area contributed by atoms with Crippen molar-refractivity contribution in [2.24, 2.45) is 0 Å². The van der Waals surface area contributed by atoms with Crippen molar-refractivity contribution in [3.63, 3.8) is 0 Å². The van der Waals surface area contributed by atoms with Gasteiger partial charge < -0.3 is 19.9 Å². The number of carbonyl (C=O) groups excluding carboxylic acids is 2. The van der Waals surface area contributed by atoms with Crippen LogP contribution in [0.5, 0.6) is 5.75 Å². The van der Waals surface area contributed by atoms with E-state index in [0.717, 1.165) is 22.4 Å². The highest BCUT2D eigenvalue weighted by Crippen LogP contribution is 2.34. The summed E-state index contributed by atoms with van der Waals surface area (Å²) >= 11 is 0. The molecule has 10 nitrogen and oxygen atoms in total. The van der Waals surface area contributed by atoms with Crippen molar-refractivity contribution < 1.29 is 14.3 Å². The van der Waals surface area contributed by atoms with Gasteiger partial charge in [-0.25, -0.2) is 9.67 Å². The Labute approximate surface area is 183 Å². The fraction of sp³-hybridized carbons (Fsp3) is 0.227. The monoisotopic (exact) mass is 431 g/mol. The lowest BCUT2D eigenvalue weighted by Crippen LogP contribution is -2.49. The van der Waals surface area contributed by atoms with E-state index in [2.05, 4.69) is 25.6 Å². The van der Waals surface area contributed by atoms with Gasteiger partial charge in [-0.15, -0.1) is 5.10 Å². The summed E-state index contributed by atoms with van der Waals surface area (Å²) in [6.45, 7) is 2.25. The number of fused-ring (bicyclic) bond motifs is 2. The fourth-order valence-electron chi connectivity index (χ4n) is 3.77. The number of hydrogen-bond acceptors (Lipinski definition) is 6. The second-order valence-electron chi connectivity index (χ2n) is 7.66. The number of aromatic nitrogens is 5. The Bertz CT molecular complexity index is 1310. The van der Waals surface area contributed by atoms with Crippen LogP contribution in [0.3, 0.4) is 0 Å². The summed E-state index contributed by atoms with van der Waals surface area (Å²) in [5.74, 6) is 0.582. The molecular formula is C22H21N7O3. The SMILES string of the molecule is Cc1nc2cc3c(cc2[nH]1)N(C)C(=O)[C@@H](NC(=O)c1cnnn1Cc1ccccc1)CO3. The third-order valence-electron chi connectivity index (χ3n) is 5.41. The predicted molar refractivity (Wildman–Crippen MR) is 117 cm³/mol. The summed E-state index contributed by atoms with van der Waals surface area (Å²) in [5.41, 5.74) is 3.41. The van der Waals surface area contributed by atoms with Crippen LogP contribution >= 0.6 is 0 Å². The number of aromatic amines is 1. The third kappa shape index (κ3) is 3.55. The largest absolute Gasteiger partial charge is 0.489 e. The number of aryl methyl sites for hydroxylation is 1. The lowest BCUT2D eigenvalue weighted by molar-refractivity contribution is -0.120. The normalized spacial score (nSPS) is 15.9. The van der Waals surface area contributed by atoms with Crippen molar-refractivity contribution in [3.8, 4) is 5.75 Å². The van der Waals surface area contributed by atoms with Crippen molar-refractivity contribution in [2.45, 2.75) is 19.5 Å². The van der Waals surface area contributed by atoms with E-state index >= 15 is 0 Å². The Balaban J connectivity index is 1.36. The first-order valence-corrected chi connectivity index (χ1v) is 10.1. The maximum absolute atomic E-state index is 13.1. The zero-order chi connectivity index (χ0) is 22.2. The average Bonchev–Trinajstić information content (AvgIpc) is 3.37. The highest BCUT2D eigenvalue weighted by Gasteiger charge is 2.32. The van der Waals surface area contributed by atoms with Gasteiger partial charge in [0.1, 0.15) is 29.9 Å². The number of nitrogens with one attached hydrogen (secondary N) is 2. The van der Waals surface area contributed by atoms with E-state index in [1.54, 1.807) is 13.1 Å². The molecule has 0 spiro atoms. The number of hydrogen-bond donors (Lipinski definition) is 2. The molecule has 0 unspecified atom stereocenters. The number of likely N-dealkylation sites (N-methyl/N-ethyl adjacent to an activating group) is 1. The maximum atomic E-state index is 13.1. The Hall–Kier alpha value is -4.21. The predicted octanol–water partition coefficient (Wildman–Crippen LogP) is 1.66. The van der Waals surface area contributed by atoms with Crippen LogP contribution in [-0.2, 0) is 11.3 Å². The molecule has 1 atom stereocenters. The number of ether oxygens (including phenoxy) is 1. The van der Waals surface area contributed by atoms with Crippen LogP contribution in [0.4, 0.5) is 5.69 Å². The second-order valence-corrected chi connectivity index (χ2v) is 7.66. The Morgan fingerprint density at radius 1 is 1.28 bits per heavy atom. The van der Waals surface area contributed by atoms with E-state index < -0.39 is 11.9 Å². The van der Waals surface area contributed by atoms with Gasteiger partial charge in [0, 0.05) is 13.1 Å². The molecule has 0 fully saturated rings. The maximum Gasteiger partial charge on any atom is 0.272 e. The summed E-state index contributed by atoms with van der Waals surface area (Å²) < 4.78 is 7.40. The highest BCUT2D eigenvalue weighted by atomic mass is 16.5. The second kappa shape index (κ2) is 7.80. The Kier molecular flexibility index (Phi) is 4.81. The van der Waals surface area contributed by atoms with Crippen molar-refractivity contribution in [3.05, 3.63) is 65.7 Å². The van der Waals surface area contributed by atoms with Gasteiger partial charge in [-0.05, 0) is 18.6 Å². The summed E-state index contributed by atoms with van der Waals surface area (Å²) in [7, 11) is 1.66. The summed E-state index contributed by atoms with van der Waals surface area (Å²) in [5, 5.41) is 10.6. The molecule has 32 heavy (non-hydrogen) atoms. The average molecular weight is 431 g/mol. The number of amides is 2. The lowest BCUT2D eigenvalue weighted by Gasteiger charge is -2.20. The first-order valence-electron chi connectivity index (χ1n) is 10.1. The number of carbonyl (C=O) groups is 2. The zero-order valence-electron chi connectivity index (χ0n) is 17.6. The third-order valence-corrected chi connectivity index (χ3v) is 5.41. The Morgan fingerprint density at radius 2 is 2.09 bits per heavy atom. The fourth-order valence-corrected chi connectivity index (χ4v) is 3.77. The molecule has 4 aromatic rings. The number of imidazole rings is 1. The van der Waals surface area contributed by atoms with E-state index in [9.17, 15) is 9.59 Å². The molecule has 0 bridgehead atoms. The molecule has 162 valence electrons. The molecule has 10 heteroatoms.